The highest BCUT2D eigenvalue weighted by molar-refractivity contribution is 6.22. The second kappa shape index (κ2) is 6.96. The third kappa shape index (κ3) is 3.31. The first kappa shape index (κ1) is 17.6. The molecule has 1 N–H and O–H groups in total. The molecule has 1 aromatic carbocycles. The fraction of sp³-hybridized carbons (Fsp3) is 0.526. The minimum absolute atomic E-state index is 0.0867. The number of amides is 2. The number of nitrogens with one attached hydrogen (secondary N) is 1. The van der Waals surface area contributed by atoms with E-state index < -0.39 is 0 Å². The first-order chi connectivity index (χ1) is 11.9. The van der Waals surface area contributed by atoms with Gasteiger partial charge in [0, 0.05) is 12.8 Å². The van der Waals surface area contributed by atoms with Crippen molar-refractivity contribution in [2.75, 3.05) is 25.1 Å². The first-order valence-electron chi connectivity index (χ1n) is 8.79. The number of quaternary nitrogens is 1. The van der Waals surface area contributed by atoms with Gasteiger partial charge in [-0.25, -0.2) is 4.90 Å². The lowest BCUT2D eigenvalue weighted by Crippen LogP contribution is -3.17. The minimum Gasteiger partial charge on any atom is -0.469 e. The van der Waals surface area contributed by atoms with Crippen LogP contribution in [0.25, 0.3) is 0 Å². The zero-order valence-electron chi connectivity index (χ0n) is 15.0. The Hall–Kier alpha value is -2.21. The SMILES string of the molecule is COC(=O)C1CC[NH+]([C@@H]2CC(=O)N(c3ccc(C)cc3C)C2=O)CC1. The van der Waals surface area contributed by atoms with Gasteiger partial charge in [-0.05, 0) is 25.5 Å². The van der Waals surface area contributed by atoms with Gasteiger partial charge >= 0.3 is 5.97 Å². The van der Waals surface area contributed by atoms with E-state index in [1.54, 1.807) is 0 Å². The standard InChI is InChI=1S/C19H24N2O4/c1-12-4-5-15(13(2)10-12)21-17(22)11-16(18(21)23)20-8-6-14(7-9-20)19(24)25-3/h4-5,10,14,16H,6-9,11H2,1-3H3/p+1/t16-/m1/s1. The number of methoxy groups -OCH3 is 1. The van der Waals surface area contributed by atoms with Crippen molar-refractivity contribution in [3.05, 3.63) is 29.3 Å². The summed E-state index contributed by atoms with van der Waals surface area (Å²) >= 11 is 0. The Labute approximate surface area is 147 Å². The molecular formula is C19H25N2O4+. The number of rotatable bonds is 3. The molecule has 2 aliphatic heterocycles. The molecule has 0 spiro atoms. The van der Waals surface area contributed by atoms with Gasteiger partial charge in [0.1, 0.15) is 0 Å². The lowest BCUT2D eigenvalue weighted by atomic mass is 9.95. The second-order valence-electron chi connectivity index (χ2n) is 7.07. The van der Waals surface area contributed by atoms with Crippen molar-refractivity contribution in [3.8, 4) is 0 Å². The number of carbonyl (C=O) groups is 3. The number of carbonyl (C=O) groups excluding carboxylic acids is 3. The van der Waals surface area contributed by atoms with Crippen LogP contribution in [0.2, 0.25) is 0 Å². The maximum atomic E-state index is 12.9. The number of ether oxygens (including phenoxy) is 1. The van der Waals surface area contributed by atoms with Gasteiger partial charge in [-0.15, -0.1) is 0 Å². The number of esters is 1. The molecule has 2 amide bonds. The fourth-order valence-electron chi connectivity index (χ4n) is 4.00. The van der Waals surface area contributed by atoms with E-state index in [0.717, 1.165) is 16.0 Å². The van der Waals surface area contributed by atoms with E-state index in [0.29, 0.717) is 31.6 Å². The van der Waals surface area contributed by atoms with E-state index in [4.69, 9.17) is 4.74 Å². The molecule has 1 aromatic rings. The Morgan fingerprint density at radius 1 is 1.20 bits per heavy atom. The van der Waals surface area contributed by atoms with Gasteiger partial charge in [0.05, 0.1) is 38.2 Å². The number of benzene rings is 1. The zero-order chi connectivity index (χ0) is 18.1. The molecule has 1 atom stereocenters. The minimum atomic E-state index is -0.341. The van der Waals surface area contributed by atoms with E-state index in [2.05, 4.69) is 0 Å². The van der Waals surface area contributed by atoms with Crippen LogP contribution in [0.4, 0.5) is 5.69 Å². The van der Waals surface area contributed by atoms with Crippen molar-refractivity contribution in [3.63, 3.8) is 0 Å². The average molecular weight is 345 g/mol. The Morgan fingerprint density at radius 2 is 1.88 bits per heavy atom. The van der Waals surface area contributed by atoms with Crippen LogP contribution in [0.1, 0.15) is 30.4 Å². The monoisotopic (exact) mass is 345 g/mol. The number of nitrogens with zero attached hydrogens (tertiary/aromatic N) is 1. The van der Waals surface area contributed by atoms with E-state index in [1.807, 2.05) is 32.0 Å². The summed E-state index contributed by atoms with van der Waals surface area (Å²) in [5.41, 5.74) is 2.72. The van der Waals surface area contributed by atoms with Gasteiger partial charge < -0.3 is 9.64 Å². The Kier molecular flexibility index (Phi) is 4.90. The molecule has 25 heavy (non-hydrogen) atoms. The summed E-state index contributed by atoms with van der Waals surface area (Å²) in [6.07, 6.45) is 1.64. The molecule has 6 heteroatoms. The summed E-state index contributed by atoms with van der Waals surface area (Å²) in [5, 5.41) is 0. The highest BCUT2D eigenvalue weighted by atomic mass is 16.5. The van der Waals surface area contributed by atoms with Crippen molar-refractivity contribution in [1.29, 1.82) is 0 Å². The largest absolute Gasteiger partial charge is 0.469 e. The lowest BCUT2D eigenvalue weighted by molar-refractivity contribution is -0.920. The van der Waals surface area contributed by atoms with Crippen molar-refractivity contribution in [2.45, 2.75) is 39.2 Å². The van der Waals surface area contributed by atoms with Crippen molar-refractivity contribution in [2.24, 2.45) is 5.92 Å². The molecule has 6 nitrogen and oxygen atoms in total. The van der Waals surface area contributed by atoms with Crippen LogP contribution in [-0.4, -0.2) is 44.0 Å². The third-order valence-corrected chi connectivity index (χ3v) is 5.39. The number of likely N-dealkylation sites (tertiary alicyclic amines) is 1. The summed E-state index contributed by atoms with van der Waals surface area (Å²) in [7, 11) is 1.41. The van der Waals surface area contributed by atoms with Crippen LogP contribution in [0, 0.1) is 19.8 Å². The maximum Gasteiger partial charge on any atom is 0.309 e. The molecule has 0 unspecified atom stereocenters. The molecule has 2 aliphatic rings. The molecule has 0 bridgehead atoms. The van der Waals surface area contributed by atoms with Gasteiger partial charge in [-0.3, -0.25) is 14.4 Å². The lowest BCUT2D eigenvalue weighted by Gasteiger charge is -2.31. The molecule has 0 aromatic heterocycles. The van der Waals surface area contributed by atoms with Gasteiger partial charge in [0.25, 0.3) is 5.91 Å². The van der Waals surface area contributed by atoms with E-state index in [9.17, 15) is 14.4 Å². The number of piperidine rings is 1. The molecular weight excluding hydrogens is 320 g/mol. The molecule has 0 saturated carbocycles. The quantitative estimate of drug-likeness (QED) is 0.636. The highest BCUT2D eigenvalue weighted by Crippen LogP contribution is 2.26. The second-order valence-corrected chi connectivity index (χ2v) is 7.07. The number of aryl methyl sites for hydroxylation is 2. The Balaban J connectivity index is 1.73. The highest BCUT2D eigenvalue weighted by Gasteiger charge is 2.47. The summed E-state index contributed by atoms with van der Waals surface area (Å²) in [5.74, 6) is -0.519. The summed E-state index contributed by atoms with van der Waals surface area (Å²) in [6.45, 7) is 5.34. The van der Waals surface area contributed by atoms with Crippen LogP contribution >= 0.6 is 0 Å². The van der Waals surface area contributed by atoms with E-state index in [1.165, 1.54) is 12.0 Å². The first-order valence-corrected chi connectivity index (χ1v) is 8.79. The number of imide groups is 1. The van der Waals surface area contributed by atoms with Crippen molar-refractivity contribution >= 4 is 23.5 Å². The van der Waals surface area contributed by atoms with Crippen LogP contribution in [0.15, 0.2) is 18.2 Å². The van der Waals surface area contributed by atoms with E-state index >= 15 is 0 Å². The van der Waals surface area contributed by atoms with Crippen molar-refractivity contribution in [1.82, 2.24) is 0 Å². The molecule has 0 aliphatic carbocycles. The number of hydrogen-bond donors (Lipinski definition) is 1. The smallest absolute Gasteiger partial charge is 0.309 e. The summed E-state index contributed by atoms with van der Waals surface area (Å²) in [4.78, 5) is 39.5. The fourth-order valence-corrected chi connectivity index (χ4v) is 4.00. The molecule has 2 saturated heterocycles. The molecule has 0 radical (unpaired) electrons. The average Bonchev–Trinajstić information content (AvgIpc) is 2.89. The number of anilines is 1. The summed E-state index contributed by atoms with van der Waals surface area (Å²) < 4.78 is 4.81. The van der Waals surface area contributed by atoms with E-state index in [-0.39, 0.29) is 36.2 Å². The third-order valence-electron chi connectivity index (χ3n) is 5.39. The molecule has 3 rings (SSSR count). The topological polar surface area (TPSA) is 68.1 Å². The molecule has 2 fully saturated rings. The maximum absolute atomic E-state index is 12.9. The van der Waals surface area contributed by atoms with Crippen LogP contribution in [0.3, 0.4) is 0 Å². The van der Waals surface area contributed by atoms with Crippen LogP contribution in [-0.2, 0) is 19.1 Å². The van der Waals surface area contributed by atoms with Gasteiger partial charge in [-0.1, -0.05) is 17.7 Å². The molecule has 134 valence electrons. The van der Waals surface area contributed by atoms with Crippen molar-refractivity contribution < 1.29 is 24.0 Å². The predicted molar refractivity (Wildman–Crippen MR) is 92.3 cm³/mol. The van der Waals surface area contributed by atoms with Gasteiger partial charge in [-0.2, -0.15) is 0 Å². The Morgan fingerprint density at radius 3 is 2.48 bits per heavy atom. The predicted octanol–water partition coefficient (Wildman–Crippen LogP) is 0.403. The zero-order valence-corrected chi connectivity index (χ0v) is 15.0. The summed E-state index contributed by atoms with van der Waals surface area (Å²) in [6, 6.07) is 5.41. The normalized spacial score (nSPS) is 26.8. The van der Waals surface area contributed by atoms with Gasteiger partial charge in [0.2, 0.25) is 5.91 Å². The van der Waals surface area contributed by atoms with Crippen LogP contribution < -0.4 is 9.80 Å². The number of hydrogen-bond acceptors (Lipinski definition) is 4. The van der Waals surface area contributed by atoms with Crippen LogP contribution in [0.5, 0.6) is 0 Å². The van der Waals surface area contributed by atoms with Gasteiger partial charge in [0.15, 0.2) is 6.04 Å². The molecule has 2 heterocycles. The Bertz CT molecular complexity index is 707.